The molecule has 4 heterocycles. The van der Waals surface area contributed by atoms with Gasteiger partial charge in [0.25, 0.3) is 0 Å². The molecule has 48 heavy (non-hydrogen) atoms. The minimum atomic E-state index is -1.45. The Morgan fingerprint density at radius 3 is 2.31 bits per heavy atom. The van der Waals surface area contributed by atoms with Crippen LogP contribution in [0.2, 0.25) is 0 Å². The van der Waals surface area contributed by atoms with E-state index in [1.54, 1.807) is 4.90 Å². The quantitative estimate of drug-likeness (QED) is 0.110. The van der Waals surface area contributed by atoms with Crippen molar-refractivity contribution >= 4 is 53.3 Å². The summed E-state index contributed by atoms with van der Waals surface area (Å²) < 4.78 is 26.9. The second-order valence-electron chi connectivity index (χ2n) is 12.7. The number of esters is 1. The van der Waals surface area contributed by atoms with Crippen LogP contribution < -0.4 is 5.73 Å². The van der Waals surface area contributed by atoms with Crippen molar-refractivity contribution in [3.05, 3.63) is 22.6 Å². The van der Waals surface area contributed by atoms with Crippen molar-refractivity contribution in [3.8, 4) is 0 Å². The lowest BCUT2D eigenvalue weighted by molar-refractivity contribution is -0.160. The predicted molar refractivity (Wildman–Crippen MR) is 163 cm³/mol. The second kappa shape index (κ2) is 12.7. The molecule has 4 aliphatic heterocycles. The largest absolute Gasteiger partial charge is 0.492 e. The van der Waals surface area contributed by atoms with E-state index >= 15 is 0 Å². The van der Waals surface area contributed by atoms with Crippen molar-refractivity contribution in [1.29, 1.82) is 0 Å². The lowest BCUT2D eigenvalue weighted by Crippen LogP contribution is -2.56. The first kappa shape index (κ1) is 33.8. The van der Waals surface area contributed by atoms with E-state index in [4.69, 9.17) is 29.4 Å². The molecule has 0 aromatic heterocycles. The molecule has 0 bridgehead atoms. The van der Waals surface area contributed by atoms with E-state index in [2.05, 4.69) is 0 Å². The molecule has 4 fully saturated rings. The summed E-state index contributed by atoms with van der Waals surface area (Å²) in [5.41, 5.74) is 4.06. The zero-order valence-electron chi connectivity index (χ0n) is 27.1. The number of carbonyl (C=O) groups excluding carboxylic acids is 7. The van der Waals surface area contributed by atoms with Crippen LogP contribution in [-0.2, 0) is 47.7 Å². The standard InChI is InChI=1S/C31H38N4O12S/c1-14-23(37)22-21(24(38)25(14)43-2)17(12-45-29(32)41)31(44-3)26-18(11-34(22)31)35(26)30(42)47-13-46-28(40)16-7-5-15(6-8-16)10-33-20(36)9-19(48-4)27(33)39/h15-19,26H,5-13H2,1-4H3,(H2,32,41)/t15?,16?,17-,18+,19?,26+,31-,35?/m1/s1. The molecule has 4 amide bonds. The number of ketones is 2. The first-order valence-electron chi connectivity index (χ1n) is 15.7. The van der Waals surface area contributed by atoms with E-state index in [1.165, 1.54) is 42.7 Å². The Morgan fingerprint density at radius 1 is 1.00 bits per heavy atom. The highest BCUT2D eigenvalue weighted by Crippen LogP contribution is 2.60. The number of hydrogen-bond donors (Lipinski definition) is 1. The van der Waals surface area contributed by atoms with Crippen LogP contribution in [0.4, 0.5) is 9.59 Å². The Morgan fingerprint density at radius 2 is 1.71 bits per heavy atom. The molecule has 3 saturated heterocycles. The first-order chi connectivity index (χ1) is 22.9. The molecule has 17 heteroatoms. The molecule has 0 spiro atoms. The zero-order valence-corrected chi connectivity index (χ0v) is 27.9. The maximum atomic E-state index is 13.5. The van der Waals surface area contributed by atoms with Gasteiger partial charge in [0, 0.05) is 37.8 Å². The number of hydrogen-bond acceptors (Lipinski definition) is 14. The van der Waals surface area contributed by atoms with Crippen LogP contribution in [0.1, 0.15) is 39.0 Å². The van der Waals surface area contributed by atoms with Gasteiger partial charge in [0.15, 0.2) is 11.5 Å². The number of thioether (sulfide) groups is 1. The van der Waals surface area contributed by atoms with Gasteiger partial charge < -0.3 is 34.3 Å². The molecule has 6 aliphatic rings. The van der Waals surface area contributed by atoms with Gasteiger partial charge in [-0.2, -0.15) is 11.8 Å². The van der Waals surface area contributed by atoms with Crippen molar-refractivity contribution in [2.75, 3.05) is 47.0 Å². The number of nitrogens with two attached hydrogens (primary N) is 1. The predicted octanol–water partition coefficient (Wildman–Crippen LogP) is 0.683. The van der Waals surface area contributed by atoms with Gasteiger partial charge >= 0.3 is 18.2 Å². The lowest BCUT2D eigenvalue weighted by atomic mass is 9.82. The molecular weight excluding hydrogens is 652 g/mol. The van der Waals surface area contributed by atoms with Crippen molar-refractivity contribution in [2.45, 2.75) is 62.1 Å². The monoisotopic (exact) mass is 690 g/mol. The summed E-state index contributed by atoms with van der Waals surface area (Å²) in [6.07, 6.45) is 2.50. The van der Waals surface area contributed by atoms with Crippen LogP contribution in [0, 0.1) is 17.8 Å². The number of ether oxygens (including phenoxy) is 5. The van der Waals surface area contributed by atoms with E-state index in [0.29, 0.717) is 32.2 Å². The molecule has 260 valence electrons. The third kappa shape index (κ3) is 5.21. The number of nitrogens with zero attached hydrogens (tertiary/aromatic N) is 3. The van der Waals surface area contributed by atoms with Gasteiger partial charge in [-0.15, -0.1) is 0 Å². The molecule has 1 saturated carbocycles. The molecule has 2 aliphatic carbocycles. The summed E-state index contributed by atoms with van der Waals surface area (Å²) in [6.45, 7) is 0.945. The normalized spacial score (nSPS) is 32.4. The van der Waals surface area contributed by atoms with E-state index in [-0.39, 0.29) is 58.6 Å². The summed E-state index contributed by atoms with van der Waals surface area (Å²) in [6, 6.07) is -1.16. The van der Waals surface area contributed by atoms with E-state index in [0.717, 1.165) is 0 Å². The van der Waals surface area contributed by atoms with E-state index in [1.807, 2.05) is 6.26 Å². The van der Waals surface area contributed by atoms with E-state index in [9.17, 15) is 33.6 Å². The van der Waals surface area contributed by atoms with Gasteiger partial charge in [-0.1, -0.05) is 0 Å². The Labute approximate surface area is 280 Å². The number of allylic oxidation sites excluding steroid dienone is 2. The SMILES string of the molecule is COC1=C(C)C(=O)C2=C(C1=O)[C@@H](COC(N)=O)[C@@]1(OC)[C@@H]3[C@H](CN21)N3C(=O)OCOC(=O)C1CCC(CN2C(=O)CC(SC)C2=O)CC1. The number of carbonyl (C=O) groups is 7. The van der Waals surface area contributed by atoms with Crippen LogP contribution in [-0.4, -0.2) is 126 Å². The average molecular weight is 691 g/mol. The highest BCUT2D eigenvalue weighted by atomic mass is 32.2. The second-order valence-corrected chi connectivity index (χ2v) is 13.8. The number of Topliss-reactive ketones (excluding diaryl/α,β-unsaturated/α-hetero) is 2. The summed E-state index contributed by atoms with van der Waals surface area (Å²) in [5.74, 6) is -3.23. The highest BCUT2D eigenvalue weighted by molar-refractivity contribution is 8.00. The number of primary amides is 1. The topological polar surface area (TPSA) is 201 Å². The number of imide groups is 1. The number of methoxy groups -OCH3 is 2. The molecular formula is C31H38N4O12S. The number of rotatable bonds is 10. The van der Waals surface area contributed by atoms with Gasteiger partial charge in [-0.05, 0) is 44.8 Å². The van der Waals surface area contributed by atoms with Crippen LogP contribution in [0.3, 0.4) is 0 Å². The van der Waals surface area contributed by atoms with Crippen molar-refractivity contribution in [3.63, 3.8) is 0 Å². The number of amides is 4. The Kier molecular flexibility index (Phi) is 8.95. The van der Waals surface area contributed by atoms with Gasteiger partial charge in [0.2, 0.25) is 30.2 Å². The van der Waals surface area contributed by atoms with Gasteiger partial charge in [0.05, 0.1) is 35.9 Å². The van der Waals surface area contributed by atoms with Crippen LogP contribution in [0.15, 0.2) is 22.6 Å². The third-order valence-electron chi connectivity index (χ3n) is 10.5. The Hall–Kier alpha value is -4.12. The molecule has 0 aromatic rings. The van der Waals surface area contributed by atoms with Crippen molar-refractivity contribution < 1.29 is 57.2 Å². The van der Waals surface area contributed by atoms with Gasteiger partial charge in [0.1, 0.15) is 12.6 Å². The Bertz CT molecular complexity index is 1540. The average Bonchev–Trinajstić information content (AvgIpc) is 3.45. The fourth-order valence-corrected chi connectivity index (χ4v) is 8.77. The highest BCUT2D eigenvalue weighted by Gasteiger charge is 2.78. The molecule has 2 N–H and O–H groups in total. The summed E-state index contributed by atoms with van der Waals surface area (Å²) >= 11 is 1.37. The number of likely N-dealkylation sites (tertiary alicyclic amines) is 1. The maximum absolute atomic E-state index is 13.5. The number of piperazine rings is 1. The van der Waals surface area contributed by atoms with E-state index < -0.39 is 72.8 Å². The first-order valence-corrected chi connectivity index (χ1v) is 17.0. The summed E-state index contributed by atoms with van der Waals surface area (Å²) in [4.78, 5) is 93.6. The van der Waals surface area contributed by atoms with Crippen LogP contribution >= 0.6 is 11.8 Å². The smallest absolute Gasteiger partial charge is 0.413 e. The van der Waals surface area contributed by atoms with Crippen molar-refractivity contribution in [2.24, 2.45) is 23.5 Å². The third-order valence-corrected chi connectivity index (χ3v) is 11.4. The lowest BCUT2D eigenvalue weighted by Gasteiger charge is -2.40. The minimum Gasteiger partial charge on any atom is -0.492 e. The van der Waals surface area contributed by atoms with Crippen molar-refractivity contribution in [1.82, 2.24) is 14.7 Å². The Balaban J connectivity index is 1.04. The molecule has 5 atom stereocenters. The van der Waals surface area contributed by atoms with Gasteiger partial charge in [-0.25, -0.2) is 9.59 Å². The number of fused-ring (bicyclic) bond motifs is 4. The minimum absolute atomic E-state index is 0.0515. The molecule has 0 radical (unpaired) electrons. The fourth-order valence-electron chi connectivity index (χ4n) is 8.13. The summed E-state index contributed by atoms with van der Waals surface area (Å²) in [5, 5.41) is -0.325. The van der Waals surface area contributed by atoms with Gasteiger partial charge in [-0.3, -0.25) is 33.8 Å². The fraction of sp³-hybridized carbons (Fsp3) is 0.645. The molecule has 1 unspecified atom stereocenters. The molecule has 0 aromatic carbocycles. The van der Waals surface area contributed by atoms with Crippen LogP contribution in [0.25, 0.3) is 0 Å². The zero-order chi connectivity index (χ0) is 34.7. The maximum Gasteiger partial charge on any atom is 0.413 e. The summed E-state index contributed by atoms with van der Waals surface area (Å²) in [7, 11) is 2.65. The molecule has 16 nitrogen and oxygen atoms in total. The van der Waals surface area contributed by atoms with Crippen LogP contribution in [0.5, 0.6) is 0 Å². The molecule has 6 rings (SSSR count).